The van der Waals surface area contributed by atoms with Gasteiger partial charge >= 0.3 is 0 Å². The fourth-order valence-electron chi connectivity index (χ4n) is 1.06. The third-order valence-corrected chi connectivity index (χ3v) is 2.06. The van der Waals surface area contributed by atoms with Gasteiger partial charge in [0.15, 0.2) is 0 Å². The van der Waals surface area contributed by atoms with Crippen LogP contribution in [0.2, 0.25) is 0 Å². The molecule has 1 atom stereocenters. The number of hydrogen-bond acceptors (Lipinski definition) is 1. The van der Waals surface area contributed by atoms with Gasteiger partial charge in [0, 0.05) is 5.92 Å². The molecular formula is C9H18O. The minimum absolute atomic E-state index is 0.218. The van der Waals surface area contributed by atoms with E-state index in [2.05, 4.69) is 20.8 Å². The summed E-state index contributed by atoms with van der Waals surface area (Å²) >= 11 is 0. The molecule has 0 heterocycles. The van der Waals surface area contributed by atoms with Gasteiger partial charge in [0.1, 0.15) is 6.29 Å². The summed E-state index contributed by atoms with van der Waals surface area (Å²) in [5.41, 5.74) is 0.334. The number of carbonyl (C=O) groups excluding carboxylic acids is 1. The zero-order valence-corrected chi connectivity index (χ0v) is 7.48. The van der Waals surface area contributed by atoms with Crippen LogP contribution in [0.3, 0.4) is 0 Å². The molecule has 0 aliphatic rings. The van der Waals surface area contributed by atoms with Gasteiger partial charge in [-0.2, -0.15) is 0 Å². The van der Waals surface area contributed by atoms with E-state index < -0.39 is 0 Å². The van der Waals surface area contributed by atoms with Gasteiger partial charge < -0.3 is 4.79 Å². The van der Waals surface area contributed by atoms with Crippen molar-refractivity contribution in [2.45, 2.75) is 40.5 Å². The maximum absolute atomic E-state index is 10.3. The fourth-order valence-corrected chi connectivity index (χ4v) is 1.06. The second-order valence-corrected chi connectivity index (χ2v) is 3.84. The van der Waals surface area contributed by atoms with Crippen molar-refractivity contribution in [1.82, 2.24) is 0 Å². The highest BCUT2D eigenvalue weighted by Gasteiger charge is 2.17. The Balaban J connectivity index is 3.75. The summed E-state index contributed by atoms with van der Waals surface area (Å²) in [6.07, 6.45) is 3.19. The Labute approximate surface area is 63.8 Å². The van der Waals surface area contributed by atoms with Crippen molar-refractivity contribution in [1.29, 1.82) is 0 Å². The molecule has 0 rings (SSSR count). The van der Waals surface area contributed by atoms with E-state index in [4.69, 9.17) is 0 Å². The van der Waals surface area contributed by atoms with Crippen molar-refractivity contribution < 1.29 is 4.79 Å². The summed E-state index contributed by atoms with van der Waals surface area (Å²) in [5, 5.41) is 0. The van der Waals surface area contributed by atoms with E-state index in [0.29, 0.717) is 5.41 Å². The highest BCUT2D eigenvalue weighted by atomic mass is 16.1. The monoisotopic (exact) mass is 142 g/mol. The second-order valence-electron chi connectivity index (χ2n) is 3.84. The number of hydrogen-bond donors (Lipinski definition) is 0. The Morgan fingerprint density at radius 2 is 2.00 bits per heavy atom. The molecule has 1 unspecified atom stereocenters. The van der Waals surface area contributed by atoms with E-state index in [9.17, 15) is 4.79 Å². The second kappa shape index (κ2) is 3.75. The van der Waals surface area contributed by atoms with E-state index in [1.54, 1.807) is 0 Å². The normalized spacial score (nSPS) is 14.8. The van der Waals surface area contributed by atoms with Crippen LogP contribution in [0.4, 0.5) is 0 Å². The average Bonchev–Trinajstić information content (AvgIpc) is 1.87. The first-order valence-electron chi connectivity index (χ1n) is 3.97. The molecule has 0 aliphatic carbocycles. The largest absolute Gasteiger partial charge is 0.303 e. The minimum Gasteiger partial charge on any atom is -0.303 e. The summed E-state index contributed by atoms with van der Waals surface area (Å²) in [5.74, 6) is 0.218. The predicted molar refractivity (Wildman–Crippen MR) is 43.9 cm³/mol. The number of rotatable bonds is 4. The smallest absolute Gasteiger partial charge is 0.122 e. The molecule has 0 saturated carbocycles. The van der Waals surface area contributed by atoms with Crippen LogP contribution in [0.15, 0.2) is 0 Å². The van der Waals surface area contributed by atoms with Gasteiger partial charge in [0.2, 0.25) is 0 Å². The molecular weight excluding hydrogens is 124 g/mol. The van der Waals surface area contributed by atoms with Crippen LogP contribution in [-0.2, 0) is 4.79 Å². The van der Waals surface area contributed by atoms with Crippen molar-refractivity contribution >= 4 is 6.29 Å². The lowest BCUT2D eigenvalue weighted by molar-refractivity contribution is -0.111. The van der Waals surface area contributed by atoms with Gasteiger partial charge in [-0.05, 0) is 11.8 Å². The third kappa shape index (κ3) is 3.65. The third-order valence-electron chi connectivity index (χ3n) is 2.06. The fraction of sp³-hybridized carbons (Fsp3) is 0.889. The van der Waals surface area contributed by atoms with Crippen LogP contribution in [0.1, 0.15) is 40.5 Å². The van der Waals surface area contributed by atoms with Gasteiger partial charge in [-0.1, -0.05) is 34.1 Å². The molecule has 60 valence electrons. The first kappa shape index (κ1) is 9.67. The van der Waals surface area contributed by atoms with Crippen LogP contribution in [0, 0.1) is 11.3 Å². The van der Waals surface area contributed by atoms with E-state index in [0.717, 1.165) is 19.1 Å². The molecule has 1 heteroatoms. The number of aldehydes is 1. The average molecular weight is 142 g/mol. The Hall–Kier alpha value is -0.330. The summed E-state index contributed by atoms with van der Waals surface area (Å²) in [4.78, 5) is 10.3. The molecule has 0 saturated heterocycles. The van der Waals surface area contributed by atoms with Gasteiger partial charge in [0.05, 0.1) is 0 Å². The molecule has 0 spiro atoms. The summed E-state index contributed by atoms with van der Waals surface area (Å²) in [6.45, 7) is 8.54. The molecule has 0 aromatic rings. The van der Waals surface area contributed by atoms with Gasteiger partial charge in [0.25, 0.3) is 0 Å². The molecule has 0 aliphatic heterocycles. The maximum atomic E-state index is 10.3. The molecule has 0 aromatic heterocycles. The van der Waals surface area contributed by atoms with Crippen LogP contribution in [0.5, 0.6) is 0 Å². The highest BCUT2D eigenvalue weighted by Crippen LogP contribution is 2.27. The summed E-state index contributed by atoms with van der Waals surface area (Å²) in [6, 6.07) is 0. The van der Waals surface area contributed by atoms with Crippen LogP contribution in [0.25, 0.3) is 0 Å². The predicted octanol–water partition coefficient (Wildman–Crippen LogP) is 2.65. The van der Waals surface area contributed by atoms with Crippen molar-refractivity contribution in [3.05, 3.63) is 0 Å². The van der Waals surface area contributed by atoms with E-state index in [-0.39, 0.29) is 5.92 Å². The zero-order valence-electron chi connectivity index (χ0n) is 7.48. The van der Waals surface area contributed by atoms with Crippen LogP contribution >= 0.6 is 0 Å². The van der Waals surface area contributed by atoms with Gasteiger partial charge in [-0.25, -0.2) is 0 Å². The lowest BCUT2D eigenvalue weighted by Gasteiger charge is -2.23. The first-order chi connectivity index (χ1) is 4.52. The molecule has 0 N–H and O–H groups in total. The van der Waals surface area contributed by atoms with Crippen molar-refractivity contribution in [2.75, 3.05) is 0 Å². The molecule has 1 nitrogen and oxygen atoms in total. The lowest BCUT2D eigenvalue weighted by Crippen LogP contribution is -2.14. The minimum atomic E-state index is 0.218. The Bertz CT molecular complexity index is 105. The van der Waals surface area contributed by atoms with Gasteiger partial charge in [-0.15, -0.1) is 0 Å². The summed E-state index contributed by atoms with van der Waals surface area (Å²) < 4.78 is 0. The quantitative estimate of drug-likeness (QED) is 0.551. The topological polar surface area (TPSA) is 17.1 Å². The van der Waals surface area contributed by atoms with Crippen LogP contribution < -0.4 is 0 Å². The molecule has 0 radical (unpaired) electrons. The molecule has 10 heavy (non-hydrogen) atoms. The molecule has 0 aromatic carbocycles. The molecule has 0 fully saturated rings. The first-order valence-corrected chi connectivity index (χ1v) is 3.97. The Morgan fingerprint density at radius 1 is 1.50 bits per heavy atom. The Morgan fingerprint density at radius 3 is 2.30 bits per heavy atom. The SMILES string of the molecule is CCC(C)(C)CC(C)C=O. The number of carbonyl (C=O) groups is 1. The highest BCUT2D eigenvalue weighted by molar-refractivity contribution is 5.52. The Kier molecular flexibility index (Phi) is 3.62. The van der Waals surface area contributed by atoms with E-state index in [1.807, 2.05) is 6.92 Å². The van der Waals surface area contributed by atoms with E-state index in [1.165, 1.54) is 0 Å². The van der Waals surface area contributed by atoms with Crippen molar-refractivity contribution in [2.24, 2.45) is 11.3 Å². The van der Waals surface area contributed by atoms with Crippen LogP contribution in [-0.4, -0.2) is 6.29 Å². The van der Waals surface area contributed by atoms with E-state index >= 15 is 0 Å². The van der Waals surface area contributed by atoms with Gasteiger partial charge in [-0.3, -0.25) is 0 Å². The zero-order chi connectivity index (χ0) is 8.20. The summed E-state index contributed by atoms with van der Waals surface area (Å²) in [7, 11) is 0. The van der Waals surface area contributed by atoms with Crippen molar-refractivity contribution in [3.8, 4) is 0 Å². The lowest BCUT2D eigenvalue weighted by atomic mass is 9.82. The standard InChI is InChI=1S/C9H18O/c1-5-9(3,4)6-8(2)7-10/h7-8H,5-6H2,1-4H3. The molecule has 0 amide bonds. The van der Waals surface area contributed by atoms with Crippen molar-refractivity contribution in [3.63, 3.8) is 0 Å². The maximum Gasteiger partial charge on any atom is 0.122 e. The molecule has 0 bridgehead atoms.